The van der Waals surface area contributed by atoms with Gasteiger partial charge in [0.1, 0.15) is 11.3 Å². The van der Waals surface area contributed by atoms with Gasteiger partial charge in [0.15, 0.2) is 0 Å². The number of nitrogens with zero attached hydrogens (tertiary/aromatic N) is 2. The first-order valence-corrected chi connectivity index (χ1v) is 8.49. The van der Waals surface area contributed by atoms with Gasteiger partial charge in [-0.25, -0.2) is 13.2 Å². The van der Waals surface area contributed by atoms with Crippen LogP contribution in [0.2, 0.25) is 0 Å². The molecule has 1 fully saturated rings. The number of ether oxygens (including phenoxy) is 1. The molecule has 0 bridgehead atoms. The number of aromatic carboxylic acids is 1. The van der Waals surface area contributed by atoms with Crippen molar-refractivity contribution in [2.24, 2.45) is 0 Å². The van der Waals surface area contributed by atoms with Gasteiger partial charge in [-0.3, -0.25) is 0 Å². The van der Waals surface area contributed by atoms with Gasteiger partial charge in [-0.1, -0.05) is 0 Å². The number of piperazine rings is 1. The quantitative estimate of drug-likeness (QED) is 0.806. The number of halogens is 2. The van der Waals surface area contributed by atoms with E-state index in [0.29, 0.717) is 32.8 Å². The van der Waals surface area contributed by atoms with E-state index in [1.54, 1.807) is 6.92 Å². The molecular formula is C14H22Cl2N2O5S. The Balaban J connectivity index is 0.00000264. The molecule has 1 heterocycles. The minimum atomic E-state index is -3.69. The molecule has 1 aromatic rings. The van der Waals surface area contributed by atoms with E-state index in [1.807, 2.05) is 11.9 Å². The molecule has 0 amide bonds. The Morgan fingerprint density at radius 2 is 1.79 bits per heavy atom. The van der Waals surface area contributed by atoms with Gasteiger partial charge in [-0.15, -0.1) is 24.8 Å². The van der Waals surface area contributed by atoms with Crippen molar-refractivity contribution < 1.29 is 23.1 Å². The number of rotatable bonds is 5. The molecule has 0 saturated carbocycles. The number of carbonyl (C=O) groups is 1. The molecule has 1 N–H and O–H groups in total. The fourth-order valence-electron chi connectivity index (χ4n) is 2.30. The second-order valence-corrected chi connectivity index (χ2v) is 7.04. The Morgan fingerprint density at radius 3 is 2.29 bits per heavy atom. The lowest BCUT2D eigenvalue weighted by molar-refractivity contribution is 0.0692. The van der Waals surface area contributed by atoms with Crippen molar-refractivity contribution in [3.05, 3.63) is 23.8 Å². The van der Waals surface area contributed by atoms with Gasteiger partial charge in [0.2, 0.25) is 10.0 Å². The van der Waals surface area contributed by atoms with E-state index in [-0.39, 0.29) is 41.0 Å². The number of hydrogen-bond acceptors (Lipinski definition) is 5. The van der Waals surface area contributed by atoms with Gasteiger partial charge in [0, 0.05) is 26.2 Å². The molecule has 7 nitrogen and oxygen atoms in total. The zero-order chi connectivity index (χ0) is 16.3. The van der Waals surface area contributed by atoms with Crippen molar-refractivity contribution in [3.8, 4) is 5.75 Å². The predicted octanol–water partition coefficient (Wildman–Crippen LogP) is 1.56. The summed E-state index contributed by atoms with van der Waals surface area (Å²) in [6.45, 7) is 4.15. The first-order valence-electron chi connectivity index (χ1n) is 7.05. The topological polar surface area (TPSA) is 87.2 Å². The molecule has 0 aromatic heterocycles. The highest BCUT2D eigenvalue weighted by Crippen LogP contribution is 2.25. The summed E-state index contributed by atoms with van der Waals surface area (Å²) in [5, 5.41) is 9.23. The van der Waals surface area contributed by atoms with E-state index < -0.39 is 16.0 Å². The number of carboxylic acid groups (broad SMARTS) is 1. The van der Waals surface area contributed by atoms with E-state index in [0.717, 1.165) is 0 Å². The van der Waals surface area contributed by atoms with Crippen molar-refractivity contribution in [1.29, 1.82) is 0 Å². The first-order chi connectivity index (χ1) is 10.4. The van der Waals surface area contributed by atoms with Crippen molar-refractivity contribution in [2.75, 3.05) is 39.8 Å². The molecule has 0 aliphatic carbocycles. The summed E-state index contributed by atoms with van der Waals surface area (Å²) in [4.78, 5) is 13.3. The molecule has 0 unspecified atom stereocenters. The molecule has 0 atom stereocenters. The zero-order valence-electron chi connectivity index (χ0n) is 13.5. The number of likely N-dealkylation sites (N-methyl/N-ethyl adjacent to an activating group) is 1. The number of carboxylic acids is 1. The van der Waals surface area contributed by atoms with Crippen LogP contribution in [0.5, 0.6) is 5.75 Å². The van der Waals surface area contributed by atoms with Crippen LogP contribution in [0.3, 0.4) is 0 Å². The maximum atomic E-state index is 12.6. The Morgan fingerprint density at radius 1 is 1.21 bits per heavy atom. The van der Waals surface area contributed by atoms with Crippen LogP contribution >= 0.6 is 24.8 Å². The van der Waals surface area contributed by atoms with Crippen LogP contribution in [0.25, 0.3) is 0 Å². The molecule has 138 valence electrons. The second kappa shape index (κ2) is 9.43. The molecule has 0 spiro atoms. The third-order valence-electron chi connectivity index (χ3n) is 3.58. The van der Waals surface area contributed by atoms with Gasteiger partial charge < -0.3 is 14.7 Å². The van der Waals surface area contributed by atoms with Crippen molar-refractivity contribution in [2.45, 2.75) is 11.8 Å². The van der Waals surface area contributed by atoms with E-state index in [9.17, 15) is 18.3 Å². The second-order valence-electron chi connectivity index (χ2n) is 5.10. The van der Waals surface area contributed by atoms with E-state index in [4.69, 9.17) is 4.74 Å². The minimum absolute atomic E-state index is 0. The number of sulfonamides is 1. The lowest BCUT2D eigenvalue weighted by atomic mass is 10.2. The summed E-state index contributed by atoms with van der Waals surface area (Å²) in [6.07, 6.45) is 0. The highest BCUT2D eigenvalue weighted by Gasteiger charge is 2.28. The van der Waals surface area contributed by atoms with Gasteiger partial charge in [0.25, 0.3) is 0 Å². The lowest BCUT2D eigenvalue weighted by Crippen LogP contribution is -2.47. The molecule has 24 heavy (non-hydrogen) atoms. The third-order valence-corrected chi connectivity index (χ3v) is 5.48. The minimum Gasteiger partial charge on any atom is -0.493 e. The number of benzene rings is 1. The Hall–Kier alpha value is -1.06. The van der Waals surface area contributed by atoms with Crippen molar-refractivity contribution in [1.82, 2.24) is 9.21 Å². The van der Waals surface area contributed by atoms with Gasteiger partial charge >= 0.3 is 5.97 Å². The summed E-state index contributed by atoms with van der Waals surface area (Å²) < 4.78 is 31.8. The summed E-state index contributed by atoms with van der Waals surface area (Å²) >= 11 is 0. The first kappa shape index (κ1) is 22.9. The molecule has 1 aromatic carbocycles. The molecule has 0 radical (unpaired) electrons. The molecule has 1 saturated heterocycles. The van der Waals surface area contributed by atoms with Crippen molar-refractivity contribution >= 4 is 40.8 Å². The van der Waals surface area contributed by atoms with Crippen LogP contribution in [-0.4, -0.2) is 68.5 Å². The van der Waals surface area contributed by atoms with Crippen LogP contribution < -0.4 is 4.74 Å². The van der Waals surface area contributed by atoms with Crippen LogP contribution in [0.15, 0.2) is 23.1 Å². The highest BCUT2D eigenvalue weighted by atomic mass is 35.5. The monoisotopic (exact) mass is 400 g/mol. The maximum absolute atomic E-state index is 12.6. The average Bonchev–Trinajstić information content (AvgIpc) is 2.48. The summed E-state index contributed by atoms with van der Waals surface area (Å²) in [7, 11) is -1.75. The number of hydrogen-bond donors (Lipinski definition) is 1. The largest absolute Gasteiger partial charge is 0.493 e. The van der Waals surface area contributed by atoms with Gasteiger partial charge in [-0.2, -0.15) is 4.31 Å². The van der Waals surface area contributed by atoms with Crippen LogP contribution in [0.1, 0.15) is 17.3 Å². The average molecular weight is 401 g/mol. The Labute approximate surface area is 154 Å². The SMILES string of the molecule is CCOc1ccc(S(=O)(=O)N2CCN(C)CC2)cc1C(=O)O.Cl.Cl. The van der Waals surface area contributed by atoms with E-state index >= 15 is 0 Å². The Kier molecular flexibility index (Phi) is 9.01. The van der Waals surface area contributed by atoms with E-state index in [1.165, 1.54) is 22.5 Å². The van der Waals surface area contributed by atoms with E-state index in [2.05, 4.69) is 0 Å². The van der Waals surface area contributed by atoms with Crippen LogP contribution in [0, 0.1) is 0 Å². The van der Waals surface area contributed by atoms with Crippen molar-refractivity contribution in [3.63, 3.8) is 0 Å². The van der Waals surface area contributed by atoms with Crippen LogP contribution in [-0.2, 0) is 10.0 Å². The standard InChI is InChI=1S/C14H20N2O5S.2ClH/c1-3-21-13-5-4-11(10-12(13)14(17)18)22(19,20)16-8-6-15(2)7-9-16;;/h4-5,10H,3,6-9H2,1-2H3,(H,17,18);2*1H. The molecule has 1 aliphatic heterocycles. The fraction of sp³-hybridized carbons (Fsp3) is 0.500. The molecular weight excluding hydrogens is 379 g/mol. The summed E-state index contributed by atoms with van der Waals surface area (Å²) in [5.74, 6) is -1.04. The van der Waals surface area contributed by atoms with Crippen LogP contribution in [0.4, 0.5) is 0 Å². The lowest BCUT2D eigenvalue weighted by Gasteiger charge is -2.31. The highest BCUT2D eigenvalue weighted by molar-refractivity contribution is 7.89. The normalized spacial score (nSPS) is 15.9. The Bertz CT molecular complexity index is 661. The predicted molar refractivity (Wildman–Crippen MR) is 95.3 cm³/mol. The smallest absolute Gasteiger partial charge is 0.339 e. The third kappa shape index (κ3) is 4.97. The molecule has 10 heteroatoms. The fourth-order valence-corrected chi connectivity index (χ4v) is 3.74. The molecule has 1 aliphatic rings. The summed E-state index contributed by atoms with van der Waals surface area (Å²) in [6, 6.07) is 3.96. The molecule has 2 rings (SSSR count). The zero-order valence-corrected chi connectivity index (χ0v) is 15.9. The van der Waals surface area contributed by atoms with Gasteiger partial charge in [-0.05, 0) is 32.2 Å². The summed E-state index contributed by atoms with van der Waals surface area (Å²) in [5.41, 5.74) is -0.142. The van der Waals surface area contributed by atoms with Gasteiger partial charge in [0.05, 0.1) is 11.5 Å². The maximum Gasteiger partial charge on any atom is 0.339 e.